The van der Waals surface area contributed by atoms with Crippen LogP contribution < -0.4 is 10.1 Å². The molecule has 100 valence electrons. The van der Waals surface area contributed by atoms with E-state index in [9.17, 15) is 0 Å². The first-order valence-corrected chi connectivity index (χ1v) is 6.68. The zero-order chi connectivity index (χ0) is 13.0. The topological polar surface area (TPSA) is 30.5 Å². The Morgan fingerprint density at radius 1 is 1.39 bits per heavy atom. The van der Waals surface area contributed by atoms with Gasteiger partial charge in [-0.3, -0.25) is 0 Å². The quantitative estimate of drug-likeness (QED) is 0.841. The number of ether oxygens (including phenoxy) is 2. The van der Waals surface area contributed by atoms with E-state index in [1.807, 2.05) is 13.1 Å². The third kappa shape index (κ3) is 3.03. The maximum absolute atomic E-state index is 5.91. The Morgan fingerprint density at radius 2 is 2.17 bits per heavy atom. The summed E-state index contributed by atoms with van der Waals surface area (Å²) >= 11 is 0. The van der Waals surface area contributed by atoms with Crippen LogP contribution in [0.1, 0.15) is 36.4 Å². The summed E-state index contributed by atoms with van der Waals surface area (Å²) < 4.78 is 11.3. The highest BCUT2D eigenvalue weighted by molar-refractivity contribution is 5.39. The molecule has 1 saturated carbocycles. The molecule has 1 unspecified atom stereocenters. The molecular weight excluding hydrogens is 226 g/mol. The van der Waals surface area contributed by atoms with E-state index >= 15 is 0 Å². The summed E-state index contributed by atoms with van der Waals surface area (Å²) in [7, 11) is 3.68. The van der Waals surface area contributed by atoms with E-state index in [1.54, 1.807) is 7.11 Å². The van der Waals surface area contributed by atoms with Crippen LogP contribution in [0.3, 0.4) is 0 Å². The fourth-order valence-corrected chi connectivity index (χ4v) is 2.22. The maximum Gasteiger partial charge on any atom is 0.123 e. The first kappa shape index (κ1) is 13.4. The van der Waals surface area contributed by atoms with Gasteiger partial charge >= 0.3 is 0 Å². The fourth-order valence-electron chi connectivity index (χ4n) is 2.22. The minimum Gasteiger partial charge on any atom is -0.496 e. The Bertz CT molecular complexity index is 388. The van der Waals surface area contributed by atoms with Gasteiger partial charge in [0, 0.05) is 5.56 Å². The van der Waals surface area contributed by atoms with Gasteiger partial charge in [0.05, 0.1) is 25.9 Å². The lowest BCUT2D eigenvalue weighted by Gasteiger charge is -2.28. The molecule has 0 bridgehead atoms. The average Bonchev–Trinajstić information content (AvgIpc) is 2.32. The molecule has 1 aliphatic carbocycles. The van der Waals surface area contributed by atoms with Crippen LogP contribution in [-0.2, 0) is 4.74 Å². The van der Waals surface area contributed by atoms with Crippen molar-refractivity contribution < 1.29 is 9.47 Å². The van der Waals surface area contributed by atoms with E-state index < -0.39 is 0 Å². The monoisotopic (exact) mass is 249 g/mol. The summed E-state index contributed by atoms with van der Waals surface area (Å²) in [6, 6.07) is 6.46. The van der Waals surface area contributed by atoms with E-state index in [-0.39, 0.29) is 6.04 Å². The van der Waals surface area contributed by atoms with Crippen LogP contribution in [0.5, 0.6) is 5.75 Å². The Balaban J connectivity index is 2.07. The predicted molar refractivity (Wildman–Crippen MR) is 73.1 cm³/mol. The summed E-state index contributed by atoms with van der Waals surface area (Å²) in [6.45, 7) is 2.81. The molecule has 0 amide bonds. The van der Waals surface area contributed by atoms with Crippen molar-refractivity contribution in [2.24, 2.45) is 0 Å². The lowest BCUT2D eigenvalue weighted by molar-refractivity contribution is -0.00817. The molecule has 18 heavy (non-hydrogen) atoms. The highest BCUT2D eigenvalue weighted by Gasteiger charge is 2.21. The van der Waals surface area contributed by atoms with Crippen molar-refractivity contribution in [1.82, 2.24) is 5.32 Å². The van der Waals surface area contributed by atoms with E-state index in [4.69, 9.17) is 9.47 Å². The molecule has 0 radical (unpaired) electrons. The highest BCUT2D eigenvalue weighted by atomic mass is 16.5. The summed E-state index contributed by atoms with van der Waals surface area (Å²) in [4.78, 5) is 0. The van der Waals surface area contributed by atoms with E-state index in [1.165, 1.54) is 30.4 Å². The fraction of sp³-hybridized carbons (Fsp3) is 0.600. The molecular formula is C15H23NO2. The Kier molecular flexibility index (Phi) is 4.61. The van der Waals surface area contributed by atoms with Crippen LogP contribution in [0.15, 0.2) is 18.2 Å². The second kappa shape index (κ2) is 6.21. The Hall–Kier alpha value is -1.06. The first-order chi connectivity index (χ1) is 8.74. The van der Waals surface area contributed by atoms with Crippen LogP contribution >= 0.6 is 0 Å². The zero-order valence-corrected chi connectivity index (χ0v) is 11.5. The molecule has 0 saturated heterocycles. The van der Waals surface area contributed by atoms with Gasteiger partial charge in [0.15, 0.2) is 0 Å². The minimum atomic E-state index is 0.195. The number of aryl methyl sites for hydroxylation is 1. The van der Waals surface area contributed by atoms with Crippen LogP contribution in [-0.4, -0.2) is 26.9 Å². The van der Waals surface area contributed by atoms with E-state index in [0.29, 0.717) is 12.7 Å². The van der Waals surface area contributed by atoms with Crippen molar-refractivity contribution >= 4 is 0 Å². The van der Waals surface area contributed by atoms with Crippen LogP contribution in [0, 0.1) is 6.92 Å². The molecule has 1 aliphatic rings. The molecule has 1 atom stereocenters. The Labute approximate surface area is 109 Å². The number of likely N-dealkylation sites (N-methyl/N-ethyl adjacent to an activating group) is 1. The van der Waals surface area contributed by atoms with Crippen molar-refractivity contribution in [2.45, 2.75) is 38.3 Å². The average molecular weight is 249 g/mol. The largest absolute Gasteiger partial charge is 0.496 e. The molecule has 1 aromatic rings. The SMILES string of the molecule is CNC(COC1CCC1)c1cc(C)ccc1OC. The van der Waals surface area contributed by atoms with Gasteiger partial charge in [0.1, 0.15) is 5.75 Å². The lowest BCUT2D eigenvalue weighted by atomic mass is 9.96. The number of methoxy groups -OCH3 is 1. The van der Waals surface area contributed by atoms with Gasteiger partial charge < -0.3 is 14.8 Å². The van der Waals surface area contributed by atoms with Gasteiger partial charge in [-0.25, -0.2) is 0 Å². The van der Waals surface area contributed by atoms with Crippen LogP contribution in [0.25, 0.3) is 0 Å². The molecule has 0 heterocycles. The van der Waals surface area contributed by atoms with Crippen molar-refractivity contribution in [3.05, 3.63) is 29.3 Å². The van der Waals surface area contributed by atoms with Crippen molar-refractivity contribution in [2.75, 3.05) is 20.8 Å². The molecule has 2 rings (SSSR count). The second-order valence-electron chi connectivity index (χ2n) is 4.97. The lowest BCUT2D eigenvalue weighted by Crippen LogP contribution is -2.28. The van der Waals surface area contributed by atoms with E-state index in [0.717, 1.165) is 5.75 Å². The van der Waals surface area contributed by atoms with Crippen LogP contribution in [0.4, 0.5) is 0 Å². The summed E-state index contributed by atoms with van der Waals surface area (Å²) in [6.07, 6.45) is 4.20. The summed E-state index contributed by atoms with van der Waals surface area (Å²) in [5.41, 5.74) is 2.43. The van der Waals surface area contributed by atoms with Gasteiger partial charge in [-0.2, -0.15) is 0 Å². The third-order valence-corrected chi connectivity index (χ3v) is 3.66. The van der Waals surface area contributed by atoms with Gasteiger partial charge in [0.25, 0.3) is 0 Å². The van der Waals surface area contributed by atoms with Crippen molar-refractivity contribution in [3.63, 3.8) is 0 Å². The molecule has 0 spiro atoms. The molecule has 1 N–H and O–H groups in total. The first-order valence-electron chi connectivity index (χ1n) is 6.68. The molecule has 1 aromatic carbocycles. The summed E-state index contributed by atoms with van der Waals surface area (Å²) in [5, 5.41) is 3.32. The highest BCUT2D eigenvalue weighted by Crippen LogP contribution is 2.28. The third-order valence-electron chi connectivity index (χ3n) is 3.66. The second-order valence-corrected chi connectivity index (χ2v) is 4.97. The molecule has 1 fully saturated rings. The zero-order valence-electron chi connectivity index (χ0n) is 11.5. The molecule has 0 aromatic heterocycles. The predicted octanol–water partition coefficient (Wildman–Crippen LogP) is 2.83. The normalized spacial score (nSPS) is 17.3. The number of rotatable bonds is 6. The smallest absolute Gasteiger partial charge is 0.123 e. The van der Waals surface area contributed by atoms with Crippen LogP contribution in [0.2, 0.25) is 0 Å². The van der Waals surface area contributed by atoms with Gasteiger partial charge in [0.2, 0.25) is 0 Å². The van der Waals surface area contributed by atoms with Crippen molar-refractivity contribution in [3.8, 4) is 5.75 Å². The number of hydrogen-bond donors (Lipinski definition) is 1. The van der Waals surface area contributed by atoms with E-state index in [2.05, 4.69) is 24.4 Å². The molecule has 3 nitrogen and oxygen atoms in total. The van der Waals surface area contributed by atoms with Gasteiger partial charge in [-0.15, -0.1) is 0 Å². The maximum atomic E-state index is 5.91. The van der Waals surface area contributed by atoms with Gasteiger partial charge in [-0.05, 0) is 39.3 Å². The van der Waals surface area contributed by atoms with Crippen molar-refractivity contribution in [1.29, 1.82) is 0 Å². The standard InChI is InChI=1S/C15H23NO2/c1-11-7-8-15(17-3)13(9-11)14(16-2)10-18-12-5-4-6-12/h7-9,12,14,16H,4-6,10H2,1-3H3. The molecule has 0 aliphatic heterocycles. The molecule has 3 heteroatoms. The number of hydrogen-bond acceptors (Lipinski definition) is 3. The Morgan fingerprint density at radius 3 is 2.72 bits per heavy atom. The summed E-state index contributed by atoms with van der Waals surface area (Å²) in [5.74, 6) is 0.928. The number of benzene rings is 1. The number of nitrogens with one attached hydrogen (secondary N) is 1. The minimum absolute atomic E-state index is 0.195. The van der Waals surface area contributed by atoms with Gasteiger partial charge in [-0.1, -0.05) is 17.7 Å².